The Morgan fingerprint density at radius 3 is 2.74 bits per heavy atom. The second kappa shape index (κ2) is 5.32. The fourth-order valence-electron chi connectivity index (χ4n) is 2.02. The lowest BCUT2D eigenvalue weighted by Crippen LogP contribution is -2.37. The van der Waals surface area contributed by atoms with E-state index in [0.717, 1.165) is 5.56 Å². The monoisotopic (exact) mass is 261 g/mol. The van der Waals surface area contributed by atoms with Crippen LogP contribution in [-0.4, -0.2) is 17.1 Å². The molecule has 2 N–H and O–H groups in total. The molecule has 1 aromatic heterocycles. The molecule has 0 amide bonds. The van der Waals surface area contributed by atoms with Crippen LogP contribution in [0.2, 0.25) is 0 Å². The first-order valence-corrected chi connectivity index (χ1v) is 5.92. The molecule has 0 aliphatic heterocycles. The van der Waals surface area contributed by atoms with E-state index < -0.39 is 5.54 Å². The molecule has 1 atom stereocenters. The molecule has 5 heteroatoms. The second-order valence-corrected chi connectivity index (χ2v) is 4.64. The van der Waals surface area contributed by atoms with Crippen molar-refractivity contribution in [3.8, 4) is 5.88 Å². The molecule has 0 bridgehead atoms. The minimum absolute atomic E-state index is 0.278. The summed E-state index contributed by atoms with van der Waals surface area (Å²) in [6, 6.07) is 6.36. The first-order chi connectivity index (χ1) is 9.03. The molecule has 0 aliphatic rings. The summed E-state index contributed by atoms with van der Waals surface area (Å²) in [5.41, 5.74) is 6.87. The molecule has 100 valence electrons. The summed E-state index contributed by atoms with van der Waals surface area (Å²) in [6.45, 7) is 1.82. The summed E-state index contributed by atoms with van der Waals surface area (Å²) >= 11 is 0. The van der Waals surface area contributed by atoms with Gasteiger partial charge in [-0.3, -0.25) is 4.98 Å². The number of benzene rings is 1. The molecule has 0 saturated carbocycles. The number of ether oxygens (including phenoxy) is 1. The average Bonchev–Trinajstić information content (AvgIpc) is 2.38. The van der Waals surface area contributed by atoms with Crippen LogP contribution in [0.15, 0.2) is 36.7 Å². The molecule has 0 aliphatic carbocycles. The normalized spacial score (nSPS) is 13.9. The summed E-state index contributed by atoms with van der Waals surface area (Å²) in [6.07, 6.45) is 3.55. The molecule has 0 fully saturated rings. The van der Waals surface area contributed by atoms with Crippen molar-refractivity contribution in [3.63, 3.8) is 0 Å². The van der Waals surface area contributed by atoms with E-state index in [1.165, 1.54) is 19.2 Å². The standard InChI is InChI=1S/C14H16FN3O/c1-14(16,9-10-4-3-5-11(15)8-10)12-13(19-2)18-7-6-17-12/h3-8H,9,16H2,1-2H3. The third-order valence-corrected chi connectivity index (χ3v) is 2.86. The van der Waals surface area contributed by atoms with Crippen molar-refractivity contribution in [1.82, 2.24) is 9.97 Å². The Morgan fingerprint density at radius 1 is 1.32 bits per heavy atom. The van der Waals surface area contributed by atoms with Crippen LogP contribution in [-0.2, 0) is 12.0 Å². The van der Waals surface area contributed by atoms with Gasteiger partial charge in [0, 0.05) is 12.4 Å². The highest BCUT2D eigenvalue weighted by Gasteiger charge is 2.28. The first kappa shape index (κ1) is 13.4. The SMILES string of the molecule is COc1nccnc1C(C)(N)Cc1cccc(F)c1. The number of halogens is 1. The zero-order valence-electron chi connectivity index (χ0n) is 10.9. The van der Waals surface area contributed by atoms with Gasteiger partial charge in [0.2, 0.25) is 5.88 Å². The van der Waals surface area contributed by atoms with E-state index in [-0.39, 0.29) is 5.82 Å². The molecule has 0 saturated heterocycles. The van der Waals surface area contributed by atoms with Crippen LogP contribution in [0.1, 0.15) is 18.2 Å². The number of methoxy groups -OCH3 is 1. The number of aromatic nitrogens is 2. The summed E-state index contributed by atoms with van der Waals surface area (Å²) < 4.78 is 18.4. The van der Waals surface area contributed by atoms with Gasteiger partial charge in [0.25, 0.3) is 0 Å². The maximum Gasteiger partial charge on any atom is 0.237 e. The molecule has 2 aromatic rings. The topological polar surface area (TPSA) is 61.0 Å². The number of nitrogens with zero attached hydrogens (tertiary/aromatic N) is 2. The lowest BCUT2D eigenvalue weighted by molar-refractivity contribution is 0.363. The highest BCUT2D eigenvalue weighted by molar-refractivity contribution is 5.29. The molecule has 1 aromatic carbocycles. The fraction of sp³-hybridized carbons (Fsp3) is 0.286. The smallest absolute Gasteiger partial charge is 0.237 e. The Balaban J connectivity index is 2.32. The third-order valence-electron chi connectivity index (χ3n) is 2.86. The highest BCUT2D eigenvalue weighted by Crippen LogP contribution is 2.27. The third kappa shape index (κ3) is 3.06. The lowest BCUT2D eigenvalue weighted by atomic mass is 9.90. The van der Waals surface area contributed by atoms with Crippen molar-refractivity contribution in [2.75, 3.05) is 7.11 Å². The van der Waals surface area contributed by atoms with E-state index >= 15 is 0 Å². The van der Waals surface area contributed by atoms with Gasteiger partial charge in [0.05, 0.1) is 12.6 Å². The van der Waals surface area contributed by atoms with E-state index in [2.05, 4.69) is 9.97 Å². The van der Waals surface area contributed by atoms with Crippen molar-refractivity contribution in [1.29, 1.82) is 0 Å². The van der Waals surface area contributed by atoms with Crippen LogP contribution in [0.25, 0.3) is 0 Å². The van der Waals surface area contributed by atoms with Crippen molar-refractivity contribution < 1.29 is 9.13 Å². The van der Waals surface area contributed by atoms with E-state index in [4.69, 9.17) is 10.5 Å². The average molecular weight is 261 g/mol. The van der Waals surface area contributed by atoms with Crippen LogP contribution >= 0.6 is 0 Å². The predicted molar refractivity (Wildman–Crippen MR) is 70.2 cm³/mol. The zero-order valence-corrected chi connectivity index (χ0v) is 10.9. The van der Waals surface area contributed by atoms with Crippen LogP contribution in [0, 0.1) is 5.82 Å². The van der Waals surface area contributed by atoms with Crippen molar-refractivity contribution in [2.24, 2.45) is 5.73 Å². The minimum atomic E-state index is -0.784. The maximum absolute atomic E-state index is 13.2. The van der Waals surface area contributed by atoms with Gasteiger partial charge in [-0.2, -0.15) is 0 Å². The maximum atomic E-state index is 13.2. The number of hydrogen-bond acceptors (Lipinski definition) is 4. The van der Waals surface area contributed by atoms with Gasteiger partial charge in [0.1, 0.15) is 11.5 Å². The van der Waals surface area contributed by atoms with E-state index in [1.54, 1.807) is 18.5 Å². The molecule has 0 spiro atoms. The minimum Gasteiger partial charge on any atom is -0.480 e. The van der Waals surface area contributed by atoms with Gasteiger partial charge in [0.15, 0.2) is 0 Å². The fourth-order valence-corrected chi connectivity index (χ4v) is 2.02. The van der Waals surface area contributed by atoms with Crippen molar-refractivity contribution in [3.05, 3.63) is 53.7 Å². The van der Waals surface area contributed by atoms with Gasteiger partial charge in [-0.15, -0.1) is 0 Å². The Labute approximate surface area is 111 Å². The number of rotatable bonds is 4. The first-order valence-electron chi connectivity index (χ1n) is 5.92. The lowest BCUT2D eigenvalue weighted by Gasteiger charge is -2.25. The molecule has 2 rings (SSSR count). The van der Waals surface area contributed by atoms with Crippen LogP contribution in [0.5, 0.6) is 5.88 Å². The van der Waals surface area contributed by atoms with E-state index in [9.17, 15) is 4.39 Å². The molecular weight excluding hydrogens is 245 g/mol. The van der Waals surface area contributed by atoms with E-state index in [0.29, 0.717) is 18.0 Å². The molecule has 1 unspecified atom stereocenters. The van der Waals surface area contributed by atoms with Crippen molar-refractivity contribution in [2.45, 2.75) is 18.9 Å². The van der Waals surface area contributed by atoms with Gasteiger partial charge < -0.3 is 10.5 Å². The number of nitrogens with two attached hydrogens (primary N) is 1. The Bertz CT molecular complexity index is 572. The Kier molecular flexibility index (Phi) is 3.76. The number of hydrogen-bond donors (Lipinski definition) is 1. The Hall–Kier alpha value is -2.01. The van der Waals surface area contributed by atoms with E-state index in [1.807, 2.05) is 13.0 Å². The summed E-state index contributed by atoms with van der Waals surface area (Å²) in [5.74, 6) is 0.114. The molecule has 0 radical (unpaired) electrons. The van der Waals surface area contributed by atoms with Gasteiger partial charge in [-0.05, 0) is 31.0 Å². The van der Waals surface area contributed by atoms with Gasteiger partial charge in [-0.1, -0.05) is 12.1 Å². The van der Waals surface area contributed by atoms with Gasteiger partial charge in [-0.25, -0.2) is 9.37 Å². The quantitative estimate of drug-likeness (QED) is 0.915. The van der Waals surface area contributed by atoms with Crippen molar-refractivity contribution >= 4 is 0 Å². The van der Waals surface area contributed by atoms with Crippen LogP contribution in [0.4, 0.5) is 4.39 Å². The molecule has 19 heavy (non-hydrogen) atoms. The molecule has 4 nitrogen and oxygen atoms in total. The Morgan fingerprint density at radius 2 is 2.05 bits per heavy atom. The second-order valence-electron chi connectivity index (χ2n) is 4.64. The summed E-state index contributed by atoms with van der Waals surface area (Å²) in [7, 11) is 1.52. The van der Waals surface area contributed by atoms with Gasteiger partial charge >= 0.3 is 0 Å². The summed E-state index contributed by atoms with van der Waals surface area (Å²) in [4.78, 5) is 8.32. The molecular formula is C14H16FN3O. The zero-order chi connectivity index (χ0) is 13.9. The summed E-state index contributed by atoms with van der Waals surface area (Å²) in [5, 5.41) is 0. The largest absolute Gasteiger partial charge is 0.480 e. The predicted octanol–water partition coefficient (Wildman–Crippen LogP) is 2.04. The van der Waals surface area contributed by atoms with Crippen LogP contribution < -0.4 is 10.5 Å². The van der Waals surface area contributed by atoms with Crippen LogP contribution in [0.3, 0.4) is 0 Å². The molecule has 1 heterocycles. The highest BCUT2D eigenvalue weighted by atomic mass is 19.1.